The topological polar surface area (TPSA) is 62.6 Å². The van der Waals surface area contributed by atoms with Crippen molar-refractivity contribution in [1.82, 2.24) is 9.78 Å². The van der Waals surface area contributed by atoms with Crippen molar-refractivity contribution in [2.45, 2.75) is 46.3 Å². The highest BCUT2D eigenvalue weighted by atomic mass is 28.3. The highest BCUT2D eigenvalue weighted by Gasteiger charge is 2.18. The van der Waals surface area contributed by atoms with E-state index in [-0.39, 0.29) is 6.73 Å². The Hall–Kier alpha value is -1.60. The van der Waals surface area contributed by atoms with Crippen LogP contribution in [-0.4, -0.2) is 44.1 Å². The van der Waals surface area contributed by atoms with Gasteiger partial charge in [-0.3, -0.25) is 0 Å². The van der Waals surface area contributed by atoms with Crippen LogP contribution in [0, 0.1) is 0 Å². The normalized spacial score (nSPS) is 12.3. The third-order valence-corrected chi connectivity index (χ3v) is 4.88. The van der Waals surface area contributed by atoms with E-state index in [4.69, 9.17) is 14.2 Å². The highest BCUT2D eigenvalue weighted by molar-refractivity contribution is 6.76. The average Bonchev–Trinajstić information content (AvgIpc) is 2.87. The number of nitrogens with zero attached hydrogens (tertiary/aromatic N) is 2. The SMILES string of the molecule is CCOC(=O)c1cc(/C(C)=C/OC)nn1COCC[Si](C)(C)C. The van der Waals surface area contributed by atoms with Gasteiger partial charge < -0.3 is 14.2 Å². The second kappa shape index (κ2) is 8.88. The minimum Gasteiger partial charge on any atom is -0.504 e. The monoisotopic (exact) mass is 340 g/mol. The van der Waals surface area contributed by atoms with Gasteiger partial charge >= 0.3 is 5.97 Å². The summed E-state index contributed by atoms with van der Waals surface area (Å²) < 4.78 is 17.3. The molecule has 0 bridgehead atoms. The van der Waals surface area contributed by atoms with Gasteiger partial charge in [-0.05, 0) is 26.0 Å². The third kappa shape index (κ3) is 6.58. The van der Waals surface area contributed by atoms with Crippen molar-refractivity contribution in [3.05, 3.63) is 23.7 Å². The highest BCUT2D eigenvalue weighted by Crippen LogP contribution is 2.16. The molecule has 0 unspecified atom stereocenters. The molecule has 0 amide bonds. The quantitative estimate of drug-likeness (QED) is 0.298. The molecule has 0 fully saturated rings. The predicted molar refractivity (Wildman–Crippen MR) is 92.9 cm³/mol. The van der Waals surface area contributed by atoms with Crippen LogP contribution in [0.2, 0.25) is 25.7 Å². The Labute approximate surface area is 139 Å². The predicted octanol–water partition coefficient (Wildman–Crippen LogP) is 3.38. The molecule has 0 saturated carbocycles. The van der Waals surface area contributed by atoms with Crippen LogP contribution in [0.3, 0.4) is 0 Å². The second-order valence-corrected chi connectivity index (χ2v) is 12.1. The van der Waals surface area contributed by atoms with Crippen LogP contribution < -0.4 is 0 Å². The number of allylic oxidation sites excluding steroid dienone is 1. The maximum absolute atomic E-state index is 12.1. The number of rotatable bonds is 9. The van der Waals surface area contributed by atoms with Crippen LogP contribution >= 0.6 is 0 Å². The molecule has 7 heteroatoms. The first-order valence-corrected chi connectivity index (χ1v) is 11.5. The van der Waals surface area contributed by atoms with E-state index in [0.29, 0.717) is 24.6 Å². The number of carbonyl (C=O) groups excluding carboxylic acids is 1. The molecule has 1 rings (SSSR count). The summed E-state index contributed by atoms with van der Waals surface area (Å²) in [7, 11) is 0.437. The molecule has 1 heterocycles. The largest absolute Gasteiger partial charge is 0.504 e. The molecule has 0 aromatic carbocycles. The zero-order valence-electron chi connectivity index (χ0n) is 15.0. The molecule has 1 aromatic heterocycles. The first kappa shape index (κ1) is 19.4. The Morgan fingerprint density at radius 3 is 2.65 bits per heavy atom. The van der Waals surface area contributed by atoms with Gasteiger partial charge in [0.05, 0.1) is 25.7 Å². The lowest BCUT2D eigenvalue weighted by molar-refractivity contribution is 0.0455. The lowest BCUT2D eigenvalue weighted by atomic mass is 10.2. The van der Waals surface area contributed by atoms with Gasteiger partial charge in [0, 0.05) is 20.3 Å². The van der Waals surface area contributed by atoms with Gasteiger partial charge in [0.1, 0.15) is 12.4 Å². The molecule has 0 aliphatic rings. The third-order valence-electron chi connectivity index (χ3n) is 3.17. The van der Waals surface area contributed by atoms with Gasteiger partial charge in [0.15, 0.2) is 0 Å². The van der Waals surface area contributed by atoms with Gasteiger partial charge in [0.2, 0.25) is 0 Å². The van der Waals surface area contributed by atoms with Gasteiger partial charge in [-0.1, -0.05) is 19.6 Å². The number of hydrogen-bond donors (Lipinski definition) is 0. The van der Waals surface area contributed by atoms with Gasteiger partial charge in [-0.2, -0.15) is 5.10 Å². The standard InChI is InChI=1S/C16H28N2O4Si/c1-7-22-16(19)15-10-14(13(2)11-20-3)17-18(15)12-21-8-9-23(4,5)6/h10-11H,7-9,12H2,1-6H3/b13-11+. The van der Waals surface area contributed by atoms with Gasteiger partial charge in [-0.15, -0.1) is 0 Å². The summed E-state index contributed by atoms with van der Waals surface area (Å²) in [5, 5.41) is 4.42. The van der Waals surface area contributed by atoms with Crippen LogP contribution in [0.4, 0.5) is 0 Å². The molecule has 130 valence electrons. The molecule has 0 spiro atoms. The summed E-state index contributed by atoms with van der Waals surface area (Å²) in [5.41, 5.74) is 1.89. The van der Waals surface area contributed by atoms with Crippen LogP contribution in [0.15, 0.2) is 12.3 Å². The van der Waals surface area contributed by atoms with Crippen molar-refractivity contribution in [2.75, 3.05) is 20.3 Å². The molecule has 0 aliphatic heterocycles. The molecular formula is C16H28N2O4Si. The lowest BCUT2D eigenvalue weighted by Crippen LogP contribution is -2.22. The maximum Gasteiger partial charge on any atom is 0.356 e. The summed E-state index contributed by atoms with van der Waals surface area (Å²) >= 11 is 0. The molecule has 6 nitrogen and oxygen atoms in total. The lowest BCUT2D eigenvalue weighted by Gasteiger charge is -2.15. The zero-order chi connectivity index (χ0) is 17.5. The fourth-order valence-electron chi connectivity index (χ4n) is 1.84. The first-order chi connectivity index (χ1) is 10.8. The molecule has 1 aromatic rings. The Kier molecular flexibility index (Phi) is 7.51. The van der Waals surface area contributed by atoms with E-state index in [9.17, 15) is 4.79 Å². The molecular weight excluding hydrogens is 312 g/mol. The molecule has 23 heavy (non-hydrogen) atoms. The fourth-order valence-corrected chi connectivity index (χ4v) is 2.60. The van der Waals surface area contributed by atoms with Crippen molar-refractivity contribution >= 4 is 19.6 Å². The van der Waals surface area contributed by atoms with Crippen molar-refractivity contribution in [1.29, 1.82) is 0 Å². The van der Waals surface area contributed by atoms with E-state index < -0.39 is 14.0 Å². The Balaban J connectivity index is 2.85. The van der Waals surface area contributed by atoms with E-state index in [1.165, 1.54) is 0 Å². The number of ether oxygens (including phenoxy) is 3. The number of hydrogen-bond acceptors (Lipinski definition) is 5. The fraction of sp³-hybridized carbons (Fsp3) is 0.625. The molecule has 0 radical (unpaired) electrons. The van der Waals surface area contributed by atoms with Gasteiger partial charge in [-0.25, -0.2) is 9.48 Å². The Morgan fingerprint density at radius 1 is 1.39 bits per heavy atom. The maximum atomic E-state index is 12.1. The van der Waals surface area contributed by atoms with Crippen molar-refractivity contribution in [3.63, 3.8) is 0 Å². The number of carbonyl (C=O) groups is 1. The zero-order valence-corrected chi connectivity index (χ0v) is 16.0. The van der Waals surface area contributed by atoms with Crippen LogP contribution in [0.5, 0.6) is 0 Å². The van der Waals surface area contributed by atoms with Crippen LogP contribution in [-0.2, 0) is 20.9 Å². The van der Waals surface area contributed by atoms with Crippen molar-refractivity contribution < 1.29 is 19.0 Å². The Bertz CT molecular complexity index is 547. The minimum atomic E-state index is -1.14. The van der Waals surface area contributed by atoms with Crippen LogP contribution in [0.1, 0.15) is 30.0 Å². The second-order valence-electron chi connectivity index (χ2n) is 6.52. The van der Waals surface area contributed by atoms with E-state index in [0.717, 1.165) is 11.6 Å². The van der Waals surface area contributed by atoms with Crippen LogP contribution in [0.25, 0.3) is 5.57 Å². The van der Waals surface area contributed by atoms with E-state index in [1.54, 1.807) is 31.0 Å². The Morgan fingerprint density at radius 2 is 2.09 bits per heavy atom. The molecule has 0 aliphatic carbocycles. The number of aromatic nitrogens is 2. The van der Waals surface area contributed by atoms with E-state index in [2.05, 4.69) is 24.7 Å². The summed E-state index contributed by atoms with van der Waals surface area (Å²) in [6.45, 7) is 11.8. The summed E-state index contributed by atoms with van der Waals surface area (Å²) in [6, 6.07) is 2.77. The molecule has 0 saturated heterocycles. The molecule has 0 atom stereocenters. The van der Waals surface area contributed by atoms with Gasteiger partial charge in [0.25, 0.3) is 0 Å². The number of esters is 1. The molecule has 0 N–H and O–H groups in total. The van der Waals surface area contributed by atoms with E-state index >= 15 is 0 Å². The summed E-state index contributed by atoms with van der Waals surface area (Å²) in [6.07, 6.45) is 1.59. The van der Waals surface area contributed by atoms with Crippen molar-refractivity contribution in [2.24, 2.45) is 0 Å². The summed E-state index contributed by atoms with van der Waals surface area (Å²) in [4.78, 5) is 12.1. The first-order valence-electron chi connectivity index (χ1n) is 7.81. The average molecular weight is 340 g/mol. The van der Waals surface area contributed by atoms with Crippen molar-refractivity contribution in [3.8, 4) is 0 Å². The smallest absolute Gasteiger partial charge is 0.356 e. The number of methoxy groups -OCH3 is 1. The minimum absolute atomic E-state index is 0.235. The summed E-state index contributed by atoms with van der Waals surface area (Å²) in [5.74, 6) is -0.398. The van der Waals surface area contributed by atoms with E-state index in [1.807, 2.05) is 6.92 Å².